The molecule has 2 aliphatic rings. The average molecular weight is 834 g/mol. The van der Waals surface area contributed by atoms with Crippen LogP contribution in [-0.4, -0.2) is 71.0 Å². The van der Waals surface area contributed by atoms with Crippen molar-refractivity contribution in [3.63, 3.8) is 0 Å². The molecule has 4 atom stereocenters. The molecular weight excluding hydrogens is 802 g/mol. The number of rotatable bonds is 14. The quantitative estimate of drug-likeness (QED) is 0.102. The van der Waals surface area contributed by atoms with Crippen LogP contribution in [0, 0.1) is 0 Å². The minimum absolute atomic E-state index is 0. The maximum atomic E-state index is 12.7. The van der Waals surface area contributed by atoms with E-state index in [1.54, 1.807) is 12.1 Å². The van der Waals surface area contributed by atoms with Crippen molar-refractivity contribution >= 4 is 44.3 Å². The van der Waals surface area contributed by atoms with Gasteiger partial charge in [0.05, 0.1) is 51.3 Å². The van der Waals surface area contributed by atoms with Crippen LogP contribution in [0.1, 0.15) is 11.4 Å². The van der Waals surface area contributed by atoms with Crippen molar-refractivity contribution in [3.05, 3.63) is 82.9 Å². The van der Waals surface area contributed by atoms with Gasteiger partial charge in [-0.2, -0.15) is 17.6 Å². The van der Waals surface area contributed by atoms with Crippen LogP contribution in [0.15, 0.2) is 60.9 Å². The standard InChI is InChI=1S/2C16H16F2N3O4S.Zn/c2*1-23-13-5-6-19-12(14(13)24-2)8-26(22)16-20-10-4-3-9(25-15(17)18)7-11(10)21-16;/h2*3-7,15-16,21H,8H2,1-2H3;/q2*-1;+2/t16-,26?;;/m1../s1. The number of hydrogen-bond acceptors (Lipinski definition) is 12. The zero-order valence-corrected chi connectivity index (χ0v) is 33.2. The Morgan fingerprint density at radius 1 is 0.660 bits per heavy atom. The van der Waals surface area contributed by atoms with E-state index in [4.69, 9.17) is 18.9 Å². The van der Waals surface area contributed by atoms with Gasteiger partial charge in [-0.15, -0.1) is 11.4 Å². The van der Waals surface area contributed by atoms with E-state index < -0.39 is 45.8 Å². The van der Waals surface area contributed by atoms with Gasteiger partial charge in [0.1, 0.15) is 11.5 Å². The number of nitrogens with zero attached hydrogens (tertiary/aromatic N) is 4. The third kappa shape index (κ3) is 10.3. The summed E-state index contributed by atoms with van der Waals surface area (Å²) >= 11 is 0. The van der Waals surface area contributed by atoms with Gasteiger partial charge in [0.15, 0.2) is 23.0 Å². The van der Waals surface area contributed by atoms with Crippen LogP contribution in [0.25, 0.3) is 10.6 Å². The molecule has 280 valence electrons. The number of halogens is 4. The predicted octanol–water partition coefficient (Wildman–Crippen LogP) is 6.72. The van der Waals surface area contributed by atoms with Gasteiger partial charge in [-0.3, -0.25) is 18.4 Å². The Kier molecular flexibility index (Phi) is 14.7. The number of benzene rings is 2. The molecule has 0 fully saturated rings. The van der Waals surface area contributed by atoms with Gasteiger partial charge in [0.25, 0.3) is 0 Å². The summed E-state index contributed by atoms with van der Waals surface area (Å²) in [4.78, 5) is 8.39. The molecule has 3 unspecified atom stereocenters. The van der Waals surface area contributed by atoms with Gasteiger partial charge in [-0.25, -0.2) is 0 Å². The molecule has 6 rings (SSSR count). The van der Waals surface area contributed by atoms with Crippen LogP contribution in [0.2, 0.25) is 0 Å². The Morgan fingerprint density at radius 3 is 1.40 bits per heavy atom. The summed E-state index contributed by atoms with van der Waals surface area (Å²) in [5.41, 5.74) is 1.49. The summed E-state index contributed by atoms with van der Waals surface area (Å²) in [6.07, 6.45) is 3.08. The minimum Gasteiger partial charge on any atom is -0.653 e. The molecule has 2 aromatic heterocycles. The second-order valence-electron chi connectivity index (χ2n) is 10.4. The van der Waals surface area contributed by atoms with E-state index in [-0.39, 0.29) is 42.5 Å². The van der Waals surface area contributed by atoms with Gasteiger partial charge in [0, 0.05) is 80.6 Å². The number of nitrogens with one attached hydrogen (secondary N) is 2. The maximum absolute atomic E-state index is 12.7. The monoisotopic (exact) mass is 832 g/mol. The molecule has 4 heterocycles. The first-order chi connectivity index (χ1) is 25.0. The molecule has 0 spiro atoms. The Hall–Kier alpha value is -4.62. The molecule has 0 aliphatic carbocycles. The van der Waals surface area contributed by atoms with Crippen molar-refractivity contribution < 1.29 is 73.9 Å². The Labute approximate surface area is 319 Å². The summed E-state index contributed by atoms with van der Waals surface area (Å²) in [6.45, 7) is -5.83. The normalized spacial score (nSPS) is 16.1. The van der Waals surface area contributed by atoms with Gasteiger partial charge in [-0.1, -0.05) is 12.1 Å². The van der Waals surface area contributed by atoms with Crippen molar-refractivity contribution in [3.8, 4) is 34.5 Å². The Morgan fingerprint density at radius 2 is 1.06 bits per heavy atom. The molecule has 0 saturated carbocycles. The van der Waals surface area contributed by atoms with Crippen LogP contribution in [0.3, 0.4) is 0 Å². The molecule has 2 aliphatic heterocycles. The summed E-state index contributed by atoms with van der Waals surface area (Å²) in [5.74, 6) is 1.96. The maximum Gasteiger partial charge on any atom is 2.00 e. The summed E-state index contributed by atoms with van der Waals surface area (Å²) in [5, 5.41) is 14.5. The van der Waals surface area contributed by atoms with Gasteiger partial charge in [0.2, 0.25) is 0 Å². The third-order valence-corrected chi connectivity index (χ3v) is 9.80. The van der Waals surface area contributed by atoms with Crippen LogP contribution in [0.4, 0.5) is 40.3 Å². The van der Waals surface area contributed by atoms with Gasteiger partial charge >= 0.3 is 32.7 Å². The molecule has 0 amide bonds. The molecule has 0 radical (unpaired) electrons. The first kappa shape index (κ1) is 41.1. The third-order valence-electron chi connectivity index (χ3n) is 7.25. The van der Waals surface area contributed by atoms with Crippen LogP contribution < -0.4 is 39.1 Å². The van der Waals surface area contributed by atoms with E-state index in [2.05, 4.69) is 40.7 Å². The van der Waals surface area contributed by atoms with E-state index in [1.807, 2.05) is 0 Å². The molecular formula is C32H32F4N6O8S2Zn. The molecule has 2 N–H and O–H groups in total. The van der Waals surface area contributed by atoms with Crippen LogP contribution >= 0.6 is 0 Å². The number of anilines is 2. The van der Waals surface area contributed by atoms with Crippen LogP contribution in [-0.2, 0) is 52.6 Å². The largest absolute Gasteiger partial charge is 2.00 e. The fraction of sp³-hybridized carbons (Fsp3) is 0.312. The van der Waals surface area contributed by atoms with Crippen LogP contribution in [0.5, 0.6) is 34.5 Å². The number of ether oxygens (including phenoxy) is 6. The van der Waals surface area contributed by atoms with Crippen molar-refractivity contribution in [2.45, 2.75) is 35.7 Å². The molecule has 14 nitrogen and oxygen atoms in total. The second kappa shape index (κ2) is 18.9. The summed E-state index contributed by atoms with van der Waals surface area (Å²) in [6, 6.07) is 11.9. The first-order valence-electron chi connectivity index (χ1n) is 15.0. The average Bonchev–Trinajstić information content (AvgIpc) is 3.75. The van der Waals surface area contributed by atoms with E-state index >= 15 is 0 Å². The van der Waals surface area contributed by atoms with Crippen molar-refractivity contribution in [2.75, 3.05) is 39.1 Å². The number of fused-ring (bicyclic) bond motifs is 2. The topological polar surface area (TPSA) is 168 Å². The molecule has 2 aromatic carbocycles. The van der Waals surface area contributed by atoms with Crippen molar-refractivity contribution in [1.82, 2.24) is 9.97 Å². The Bertz CT molecular complexity index is 1790. The summed E-state index contributed by atoms with van der Waals surface area (Å²) in [7, 11) is 3.00. The van der Waals surface area contributed by atoms with E-state index in [9.17, 15) is 26.0 Å². The number of methoxy groups -OCH3 is 4. The first-order valence-corrected chi connectivity index (χ1v) is 17.8. The van der Waals surface area contributed by atoms with E-state index in [0.29, 0.717) is 57.1 Å². The zero-order chi connectivity index (χ0) is 37.4. The van der Waals surface area contributed by atoms with Crippen molar-refractivity contribution in [1.29, 1.82) is 0 Å². The molecule has 0 saturated heterocycles. The molecule has 0 bridgehead atoms. The fourth-order valence-electron chi connectivity index (χ4n) is 5.01. The number of pyridine rings is 2. The van der Waals surface area contributed by atoms with Crippen molar-refractivity contribution in [2.24, 2.45) is 0 Å². The van der Waals surface area contributed by atoms with Gasteiger partial charge < -0.3 is 49.7 Å². The molecule has 4 aromatic rings. The van der Waals surface area contributed by atoms with E-state index in [0.717, 1.165) is 0 Å². The number of alkyl halides is 4. The predicted molar refractivity (Wildman–Crippen MR) is 185 cm³/mol. The second-order valence-corrected chi connectivity index (χ2v) is 13.4. The summed E-state index contributed by atoms with van der Waals surface area (Å²) < 4.78 is 104. The number of hydrogen-bond donors (Lipinski definition) is 2. The Balaban J connectivity index is 0.000000232. The van der Waals surface area contributed by atoms with Gasteiger partial charge in [-0.05, 0) is 12.1 Å². The number of aromatic nitrogens is 2. The molecule has 21 heteroatoms. The zero-order valence-electron chi connectivity index (χ0n) is 28.6. The van der Waals surface area contributed by atoms with E-state index in [1.165, 1.54) is 77.2 Å². The smallest absolute Gasteiger partial charge is 0.653 e. The minimum atomic E-state index is -2.91. The molecule has 53 heavy (non-hydrogen) atoms. The SMILES string of the molecule is COc1ccnc(CS(=O)C2[N-]c3ccc(OC(F)F)cc3N2)c1OC.COc1ccnc(CS(=O)[C@@H]2[N-]c3ccc(OC(F)F)cc3N2)c1OC.[Zn+2]. The fourth-order valence-corrected chi connectivity index (χ4v) is 7.25.